The van der Waals surface area contributed by atoms with Gasteiger partial charge in [0.15, 0.2) is 0 Å². The van der Waals surface area contributed by atoms with Crippen molar-refractivity contribution in [2.75, 3.05) is 0 Å². The van der Waals surface area contributed by atoms with Crippen molar-refractivity contribution in [3.8, 4) is 0 Å². The van der Waals surface area contributed by atoms with Crippen molar-refractivity contribution in [3.63, 3.8) is 0 Å². The van der Waals surface area contributed by atoms with Crippen molar-refractivity contribution in [1.82, 2.24) is 0 Å². The fourth-order valence-corrected chi connectivity index (χ4v) is 0.770. The van der Waals surface area contributed by atoms with Crippen LogP contribution in [0.3, 0.4) is 0 Å². The lowest BCUT2D eigenvalue weighted by Crippen LogP contribution is -1.33. The van der Waals surface area contributed by atoms with E-state index in [0.29, 0.717) is 11.7 Å². The quantitative estimate of drug-likeness (QED) is 0.285. The van der Waals surface area contributed by atoms with E-state index in [4.69, 9.17) is 4.89 Å². The van der Waals surface area contributed by atoms with Gasteiger partial charge in [0.05, 0.1) is 0 Å². The molecule has 0 spiro atoms. The summed E-state index contributed by atoms with van der Waals surface area (Å²) >= 11 is 0.637. The number of rotatable bonds is 0. The summed E-state index contributed by atoms with van der Waals surface area (Å²) in [4.78, 5) is 7.93. The van der Waals surface area contributed by atoms with Crippen LogP contribution in [0.2, 0.25) is 0 Å². The molecule has 0 amide bonds. The van der Waals surface area contributed by atoms with Crippen molar-refractivity contribution in [2.45, 2.75) is 0 Å². The minimum atomic E-state index is -2.97. The number of hydrogen-bond donors (Lipinski definition) is 1. The van der Waals surface area contributed by atoms with Gasteiger partial charge in [-0.1, -0.05) is 0 Å². The van der Waals surface area contributed by atoms with E-state index in [1.807, 2.05) is 0 Å². The van der Waals surface area contributed by atoms with Crippen LogP contribution in [-0.2, 0) is 8.54 Å². The molecule has 0 saturated carbocycles. The fraction of sp³-hybridized carbons (Fsp3) is 0. The smallest absolute Gasteiger partial charge is 0.314 e. The Morgan fingerprint density at radius 2 is 2.20 bits per heavy atom. The third-order valence-electron chi connectivity index (χ3n) is 0.202. The molecule has 1 unspecified atom stereocenters. The maximum absolute atomic E-state index is 9.62. The van der Waals surface area contributed by atoms with Gasteiger partial charge in [0, 0.05) is 0 Å². The molecule has 1 N–H and O–H groups in total. The Bertz CT molecular complexity index is 78.9. The van der Waals surface area contributed by atoms with Crippen LogP contribution in [0.4, 0.5) is 0 Å². The van der Waals surface area contributed by atoms with Crippen molar-refractivity contribution in [1.29, 1.82) is 0 Å². The molecular weight excluding hydrogens is 111 g/mol. The molecule has 0 radical (unpaired) electrons. The highest BCUT2D eigenvalue weighted by molar-refractivity contribution is 8.64. The largest absolute Gasteiger partial charge is 0.425 e. The first-order chi connectivity index (χ1) is 2.21. The Morgan fingerprint density at radius 3 is 2.20 bits per heavy atom. The van der Waals surface area contributed by atoms with Crippen molar-refractivity contribution >= 4 is 18.5 Å². The normalized spacial score (nSPS) is 49.0. The van der Waals surface area contributed by atoms with Gasteiger partial charge in [0.25, 0.3) is 0 Å². The van der Waals surface area contributed by atoms with E-state index in [1.54, 1.807) is 0 Å². The zero-order valence-corrected chi connectivity index (χ0v) is 3.83. The molecule has 1 rings (SSSR count). The predicted molar refractivity (Wildman–Crippen MR) is 18.5 cm³/mol. The van der Waals surface area contributed by atoms with Crippen LogP contribution in [-0.4, -0.2) is 4.89 Å². The zero-order chi connectivity index (χ0) is 3.91. The van der Waals surface area contributed by atoms with E-state index >= 15 is 0 Å². The monoisotopic (exact) mass is 112 g/mol. The SMILES string of the molecule is O=P1(O)OS1. The van der Waals surface area contributed by atoms with Gasteiger partial charge in [-0.2, -0.15) is 0 Å². The van der Waals surface area contributed by atoms with Gasteiger partial charge in [-0.3, -0.25) is 0 Å². The highest BCUT2D eigenvalue weighted by atomic mass is 32.8. The molecule has 0 aliphatic carbocycles. The third kappa shape index (κ3) is 0.930. The summed E-state index contributed by atoms with van der Waals surface area (Å²) in [7, 11) is 0. The summed E-state index contributed by atoms with van der Waals surface area (Å²) in [6.45, 7) is -2.97. The van der Waals surface area contributed by atoms with E-state index in [1.165, 1.54) is 0 Å². The molecule has 1 atom stereocenters. The Balaban J connectivity index is 2.72. The van der Waals surface area contributed by atoms with Crippen molar-refractivity contribution in [2.24, 2.45) is 0 Å². The predicted octanol–water partition coefficient (Wildman–Crippen LogP) is 0.765. The Kier molecular flexibility index (Phi) is 0.562. The summed E-state index contributed by atoms with van der Waals surface area (Å²) in [5.41, 5.74) is 0. The van der Waals surface area contributed by atoms with Crippen molar-refractivity contribution in [3.05, 3.63) is 0 Å². The second-order valence-electron chi connectivity index (χ2n) is 0.618. The summed E-state index contributed by atoms with van der Waals surface area (Å²) in [5.74, 6) is 0. The minimum Gasteiger partial charge on any atom is -0.314 e. The molecule has 5 heavy (non-hydrogen) atoms. The summed E-state index contributed by atoms with van der Waals surface area (Å²) < 4.78 is 13.5. The second-order valence-corrected chi connectivity index (χ2v) is 4.13. The van der Waals surface area contributed by atoms with Gasteiger partial charge in [-0.15, -0.1) is 0 Å². The maximum atomic E-state index is 9.62. The Morgan fingerprint density at radius 1 is 2.00 bits per heavy atom. The summed E-state index contributed by atoms with van der Waals surface area (Å²) in [6.07, 6.45) is 0. The van der Waals surface area contributed by atoms with Gasteiger partial charge in [-0.05, 0) is 0 Å². The Labute approximate surface area is 32.8 Å². The standard InChI is InChI=1S/HO3PS/c1-4(2)3-5-4/h(H,1,2). The van der Waals surface area contributed by atoms with Crippen LogP contribution in [0.1, 0.15) is 0 Å². The molecule has 0 bridgehead atoms. The average molecular weight is 112 g/mol. The van der Waals surface area contributed by atoms with E-state index in [-0.39, 0.29) is 0 Å². The highest BCUT2D eigenvalue weighted by Gasteiger charge is 2.39. The van der Waals surface area contributed by atoms with Gasteiger partial charge in [-0.25, -0.2) is 8.54 Å². The van der Waals surface area contributed by atoms with Crippen LogP contribution in [0, 0.1) is 0 Å². The third-order valence-corrected chi connectivity index (χ3v) is 1.82. The summed E-state index contributed by atoms with van der Waals surface area (Å²) in [6, 6.07) is 0. The maximum Gasteiger partial charge on any atom is 0.425 e. The molecule has 1 aliphatic heterocycles. The van der Waals surface area contributed by atoms with Crippen molar-refractivity contribution < 1.29 is 13.4 Å². The molecule has 30 valence electrons. The Hall–Kier alpha value is 0.500. The summed E-state index contributed by atoms with van der Waals surface area (Å²) in [5, 5.41) is 0. The molecule has 0 aromatic heterocycles. The molecule has 3 nitrogen and oxygen atoms in total. The lowest BCUT2D eigenvalue weighted by Gasteiger charge is -1.56. The first kappa shape index (κ1) is 3.68. The van der Waals surface area contributed by atoms with Gasteiger partial charge in [0.1, 0.15) is 11.7 Å². The molecule has 0 aromatic rings. The molecule has 0 aromatic carbocycles. The lowest BCUT2D eigenvalue weighted by atomic mass is 15.8. The van der Waals surface area contributed by atoms with Crippen LogP contribution >= 0.6 is 18.5 Å². The highest BCUT2D eigenvalue weighted by Crippen LogP contribution is 2.76. The van der Waals surface area contributed by atoms with Crippen LogP contribution in [0.5, 0.6) is 0 Å². The van der Waals surface area contributed by atoms with Gasteiger partial charge >= 0.3 is 6.80 Å². The van der Waals surface area contributed by atoms with Crippen LogP contribution in [0.25, 0.3) is 0 Å². The van der Waals surface area contributed by atoms with Crippen LogP contribution < -0.4 is 0 Å². The van der Waals surface area contributed by atoms with Crippen LogP contribution in [0.15, 0.2) is 0 Å². The van der Waals surface area contributed by atoms with Gasteiger partial charge < -0.3 is 4.89 Å². The minimum absolute atomic E-state index is 0.637. The van der Waals surface area contributed by atoms with E-state index in [9.17, 15) is 4.57 Å². The van der Waals surface area contributed by atoms with E-state index < -0.39 is 6.80 Å². The molecule has 1 aliphatic rings. The molecule has 1 saturated heterocycles. The first-order valence-electron chi connectivity index (χ1n) is 0.914. The lowest BCUT2D eigenvalue weighted by molar-refractivity contribution is 0.454. The first-order valence-corrected chi connectivity index (χ1v) is 3.84. The molecule has 5 heteroatoms. The second kappa shape index (κ2) is 0.763. The molecule has 1 heterocycles. The van der Waals surface area contributed by atoms with Gasteiger partial charge in [0.2, 0.25) is 0 Å². The molecular formula is HO3PS. The van der Waals surface area contributed by atoms with E-state index in [2.05, 4.69) is 3.97 Å². The topological polar surface area (TPSA) is 49.8 Å². The fourth-order valence-electron chi connectivity index (χ4n) is 0.0285. The zero-order valence-electron chi connectivity index (χ0n) is 2.12. The molecule has 1 fully saturated rings. The van der Waals surface area contributed by atoms with E-state index in [0.717, 1.165) is 0 Å². The number of hydrogen-bond acceptors (Lipinski definition) is 3. The average Bonchev–Trinajstić information content (AvgIpc) is 1.76.